The molecule has 40 heavy (non-hydrogen) atoms. The van der Waals surface area contributed by atoms with E-state index < -0.39 is 10.8 Å². The number of hydrazone groups is 1. The van der Waals surface area contributed by atoms with Crippen molar-refractivity contribution in [1.29, 1.82) is 0 Å². The van der Waals surface area contributed by atoms with Gasteiger partial charge in [-0.05, 0) is 78.4 Å². The molecule has 0 radical (unpaired) electrons. The van der Waals surface area contributed by atoms with Crippen LogP contribution >= 0.6 is 11.6 Å². The number of hydrogen-bond acceptors (Lipinski definition) is 6. The Balaban J connectivity index is 1.57. The second kappa shape index (κ2) is 11.1. The minimum absolute atomic E-state index is 0.00992. The van der Waals surface area contributed by atoms with Gasteiger partial charge in [-0.1, -0.05) is 35.9 Å². The topological polar surface area (TPSA) is 82.3 Å². The zero-order valence-electron chi connectivity index (χ0n) is 23.0. The van der Waals surface area contributed by atoms with Crippen LogP contribution in [0.5, 0.6) is 0 Å². The van der Waals surface area contributed by atoms with E-state index in [0.29, 0.717) is 0 Å². The molecule has 0 N–H and O–H groups in total. The van der Waals surface area contributed by atoms with Crippen molar-refractivity contribution >= 4 is 46.4 Å². The van der Waals surface area contributed by atoms with Gasteiger partial charge in [0.1, 0.15) is 5.02 Å². The summed E-state index contributed by atoms with van der Waals surface area (Å²) in [6.45, 7) is 0. The Hall–Kier alpha value is -4.17. The van der Waals surface area contributed by atoms with Gasteiger partial charge < -0.3 is 9.80 Å². The summed E-state index contributed by atoms with van der Waals surface area (Å²) in [5.74, 6) is -0.379. The normalized spacial score (nSPS) is 19.3. The Morgan fingerprint density at radius 3 is 2.23 bits per heavy atom. The lowest BCUT2D eigenvalue weighted by atomic mass is 9.77. The minimum Gasteiger partial charge on any atom is -0.378 e. The van der Waals surface area contributed by atoms with Gasteiger partial charge in [-0.25, -0.2) is 5.01 Å². The first-order chi connectivity index (χ1) is 19.1. The summed E-state index contributed by atoms with van der Waals surface area (Å²) in [5.41, 5.74) is 6.12. The van der Waals surface area contributed by atoms with Gasteiger partial charge in [-0.3, -0.25) is 14.9 Å². The third-order valence-corrected chi connectivity index (χ3v) is 7.92. The number of nitro benzene ring substituents is 1. The van der Waals surface area contributed by atoms with Crippen LogP contribution in [0.25, 0.3) is 6.08 Å². The molecule has 5 rings (SSSR count). The quantitative estimate of drug-likeness (QED) is 0.245. The molecule has 9 heteroatoms. The van der Waals surface area contributed by atoms with Gasteiger partial charge in [-0.2, -0.15) is 5.10 Å². The maximum Gasteiger partial charge on any atom is 0.288 e. The van der Waals surface area contributed by atoms with Crippen molar-refractivity contribution in [3.05, 3.63) is 104 Å². The number of benzene rings is 3. The molecule has 1 saturated carbocycles. The molecule has 0 bridgehead atoms. The van der Waals surface area contributed by atoms with Crippen LogP contribution in [-0.4, -0.2) is 49.7 Å². The molecule has 3 aromatic rings. The fourth-order valence-electron chi connectivity index (χ4n) is 5.46. The van der Waals surface area contributed by atoms with Crippen LogP contribution in [0.15, 0.2) is 77.4 Å². The Bertz CT molecular complexity index is 1500. The van der Waals surface area contributed by atoms with Crippen LogP contribution in [0.3, 0.4) is 0 Å². The number of carbonyl (C=O) groups excluding carboxylic acids is 1. The molecule has 0 spiro atoms. The molecule has 1 aliphatic heterocycles. The summed E-state index contributed by atoms with van der Waals surface area (Å²) < 4.78 is 0. The van der Waals surface area contributed by atoms with Gasteiger partial charge in [0.15, 0.2) is 0 Å². The number of rotatable bonds is 6. The third-order valence-electron chi connectivity index (χ3n) is 7.60. The van der Waals surface area contributed by atoms with E-state index in [4.69, 9.17) is 16.7 Å². The van der Waals surface area contributed by atoms with E-state index in [1.54, 1.807) is 0 Å². The van der Waals surface area contributed by atoms with E-state index in [1.807, 2.05) is 57.4 Å². The summed E-state index contributed by atoms with van der Waals surface area (Å²) in [6, 6.07) is 20.3. The van der Waals surface area contributed by atoms with Gasteiger partial charge in [0.2, 0.25) is 0 Å². The standard InChI is InChI=1S/C31H32ClN5O3/c1-34(2)24-13-8-20(9-14-24)18-22-6-5-7-26-29(22)33-36(30(26)21-10-15-25(16-11-21)35(3)4)31(38)23-12-17-27(32)28(19-23)37(39)40/h8-19,26,30H,5-7H2,1-4H3/b22-18+/t26-,30-/m1/s1. The third kappa shape index (κ3) is 5.31. The van der Waals surface area contributed by atoms with E-state index in [0.717, 1.165) is 53.0 Å². The largest absolute Gasteiger partial charge is 0.378 e. The van der Waals surface area contributed by atoms with Crippen LogP contribution < -0.4 is 9.80 Å². The number of fused-ring (bicyclic) bond motifs is 1. The van der Waals surface area contributed by atoms with Crippen molar-refractivity contribution < 1.29 is 9.72 Å². The highest BCUT2D eigenvalue weighted by atomic mass is 35.5. The van der Waals surface area contributed by atoms with Crippen molar-refractivity contribution in [2.45, 2.75) is 25.3 Å². The molecule has 0 saturated heterocycles. The zero-order chi connectivity index (χ0) is 28.6. The second-order valence-corrected chi connectivity index (χ2v) is 11.1. The Kier molecular flexibility index (Phi) is 7.63. The molecule has 2 atom stereocenters. The van der Waals surface area contributed by atoms with Crippen molar-refractivity contribution in [1.82, 2.24) is 5.01 Å². The smallest absolute Gasteiger partial charge is 0.288 e. The number of nitro groups is 1. The molecule has 1 heterocycles. The first kappa shape index (κ1) is 27.4. The molecular weight excluding hydrogens is 526 g/mol. The number of amides is 1. The van der Waals surface area contributed by atoms with Crippen molar-refractivity contribution in [2.24, 2.45) is 11.0 Å². The predicted octanol–water partition coefficient (Wildman–Crippen LogP) is 6.82. The van der Waals surface area contributed by atoms with E-state index in [2.05, 4.69) is 35.2 Å². The molecule has 2 aliphatic rings. The van der Waals surface area contributed by atoms with Gasteiger partial charge in [0.25, 0.3) is 11.6 Å². The second-order valence-electron chi connectivity index (χ2n) is 10.6. The van der Waals surface area contributed by atoms with Crippen molar-refractivity contribution in [2.75, 3.05) is 38.0 Å². The summed E-state index contributed by atoms with van der Waals surface area (Å²) in [5, 5.41) is 18.0. The Morgan fingerprint density at radius 2 is 1.62 bits per heavy atom. The average Bonchev–Trinajstić information content (AvgIpc) is 3.33. The summed E-state index contributed by atoms with van der Waals surface area (Å²) in [7, 11) is 7.99. The monoisotopic (exact) mass is 557 g/mol. The summed E-state index contributed by atoms with van der Waals surface area (Å²) in [4.78, 5) is 29.0. The van der Waals surface area contributed by atoms with Gasteiger partial charge in [-0.15, -0.1) is 0 Å². The number of anilines is 2. The Labute approximate surface area is 239 Å². The number of hydrogen-bond donors (Lipinski definition) is 0. The summed E-state index contributed by atoms with van der Waals surface area (Å²) >= 11 is 6.03. The first-order valence-corrected chi connectivity index (χ1v) is 13.6. The highest BCUT2D eigenvalue weighted by Crippen LogP contribution is 2.45. The van der Waals surface area contributed by atoms with Crippen LogP contribution in [0.4, 0.5) is 17.1 Å². The first-order valence-electron chi connectivity index (χ1n) is 13.3. The number of allylic oxidation sites excluding steroid dienone is 1. The fourth-order valence-corrected chi connectivity index (χ4v) is 5.65. The lowest BCUT2D eigenvalue weighted by Crippen LogP contribution is -2.32. The van der Waals surface area contributed by atoms with Crippen LogP contribution in [0, 0.1) is 16.0 Å². The molecule has 1 aliphatic carbocycles. The molecule has 8 nitrogen and oxygen atoms in total. The van der Waals surface area contributed by atoms with Crippen molar-refractivity contribution in [3.8, 4) is 0 Å². The lowest BCUT2D eigenvalue weighted by Gasteiger charge is -2.30. The molecule has 206 valence electrons. The Morgan fingerprint density at radius 1 is 1.00 bits per heavy atom. The maximum absolute atomic E-state index is 13.9. The molecular formula is C31H32ClN5O3. The van der Waals surface area contributed by atoms with E-state index in [-0.39, 0.29) is 28.2 Å². The van der Waals surface area contributed by atoms with E-state index >= 15 is 0 Å². The van der Waals surface area contributed by atoms with Crippen LogP contribution in [0.2, 0.25) is 5.02 Å². The highest BCUT2D eigenvalue weighted by molar-refractivity contribution is 6.32. The molecule has 1 fully saturated rings. The van der Waals surface area contributed by atoms with Gasteiger partial charge in [0, 0.05) is 57.1 Å². The summed E-state index contributed by atoms with van der Waals surface area (Å²) in [6.07, 6.45) is 4.90. The lowest BCUT2D eigenvalue weighted by molar-refractivity contribution is -0.384. The molecule has 0 unspecified atom stereocenters. The molecule has 0 aromatic heterocycles. The highest BCUT2D eigenvalue weighted by Gasteiger charge is 2.44. The average molecular weight is 558 g/mol. The van der Waals surface area contributed by atoms with E-state index in [9.17, 15) is 14.9 Å². The van der Waals surface area contributed by atoms with E-state index in [1.165, 1.54) is 23.2 Å². The van der Waals surface area contributed by atoms with Gasteiger partial charge in [0.05, 0.1) is 16.7 Å². The molecule has 1 amide bonds. The van der Waals surface area contributed by atoms with Gasteiger partial charge >= 0.3 is 0 Å². The van der Waals surface area contributed by atoms with Crippen LogP contribution in [-0.2, 0) is 0 Å². The van der Waals surface area contributed by atoms with Crippen LogP contribution in [0.1, 0.15) is 46.8 Å². The SMILES string of the molecule is CN(C)c1ccc(/C=C2\CCC[C@@H]3C2=NN(C(=O)c2ccc(Cl)c([N+](=O)[O-])c2)[C@@H]3c2ccc(N(C)C)cc2)cc1. The predicted molar refractivity (Wildman–Crippen MR) is 161 cm³/mol. The number of carbonyl (C=O) groups is 1. The minimum atomic E-state index is -0.575. The maximum atomic E-state index is 13.9. The zero-order valence-corrected chi connectivity index (χ0v) is 23.8. The number of halogens is 1. The molecule has 3 aromatic carbocycles. The number of nitrogens with zero attached hydrogens (tertiary/aromatic N) is 5. The fraction of sp³-hybridized carbons (Fsp3) is 0.290. The van der Waals surface area contributed by atoms with Crippen molar-refractivity contribution in [3.63, 3.8) is 0 Å².